The maximum atomic E-state index is 13.4. The Hall–Kier alpha value is -1.89. The average Bonchev–Trinajstić information content (AvgIpc) is 2.83. The summed E-state index contributed by atoms with van der Waals surface area (Å²) in [6.45, 7) is -0.560. The first-order valence-corrected chi connectivity index (χ1v) is 4.68. The van der Waals surface area contributed by atoms with Crippen LogP contribution in [-0.4, -0.2) is 5.11 Å². The summed E-state index contributed by atoms with van der Waals surface area (Å²) in [6.07, 6.45) is 0. The van der Waals surface area contributed by atoms with Crippen molar-refractivity contribution in [2.75, 3.05) is 0 Å². The van der Waals surface area contributed by atoms with Gasteiger partial charge in [0.1, 0.15) is 18.1 Å². The molecule has 1 aromatic heterocycles. The van der Waals surface area contributed by atoms with Gasteiger partial charge in [-0.1, -0.05) is 0 Å². The molecule has 7 heteroatoms. The van der Waals surface area contributed by atoms with E-state index in [0.717, 1.165) is 12.1 Å². The molecule has 2 nitrogen and oxygen atoms in total. The van der Waals surface area contributed by atoms with Crippen molar-refractivity contribution < 1.29 is 31.5 Å². The minimum Gasteiger partial charge on any atom is -0.458 e. The van der Waals surface area contributed by atoms with Gasteiger partial charge in [-0.25, -0.2) is 22.0 Å². The zero-order chi connectivity index (χ0) is 13.4. The summed E-state index contributed by atoms with van der Waals surface area (Å²) in [5.74, 6) is -10.9. The van der Waals surface area contributed by atoms with Gasteiger partial charge >= 0.3 is 0 Å². The fraction of sp³-hybridized carbons (Fsp3) is 0.0909. The highest BCUT2D eigenvalue weighted by Crippen LogP contribution is 2.32. The Balaban J connectivity index is 2.71. The number of halogens is 5. The maximum Gasteiger partial charge on any atom is 0.200 e. The molecule has 0 spiro atoms. The Labute approximate surface area is 97.3 Å². The standard InChI is InChI=1S/C11H5F5O2/c12-7-6(5-2-1-4(3-17)18-5)8(13)10(15)11(16)9(7)14/h1-2,17H,3H2. The molecule has 1 heterocycles. The van der Waals surface area contributed by atoms with Gasteiger partial charge in [0.25, 0.3) is 0 Å². The Bertz CT molecular complexity index is 577. The van der Waals surface area contributed by atoms with Crippen LogP contribution in [0.2, 0.25) is 0 Å². The van der Waals surface area contributed by atoms with Crippen LogP contribution >= 0.6 is 0 Å². The summed E-state index contributed by atoms with van der Waals surface area (Å²) >= 11 is 0. The van der Waals surface area contributed by atoms with Crippen LogP contribution in [-0.2, 0) is 6.61 Å². The van der Waals surface area contributed by atoms with Gasteiger partial charge in [0, 0.05) is 0 Å². The van der Waals surface area contributed by atoms with Crippen LogP contribution in [0.3, 0.4) is 0 Å². The summed E-state index contributed by atoms with van der Waals surface area (Å²) in [5, 5.41) is 8.70. The molecule has 1 N–H and O–H groups in total. The van der Waals surface area contributed by atoms with Gasteiger partial charge in [-0.05, 0) is 12.1 Å². The second-order valence-electron chi connectivity index (χ2n) is 3.37. The predicted molar refractivity (Wildman–Crippen MR) is 49.9 cm³/mol. The number of rotatable bonds is 2. The minimum absolute atomic E-state index is 0.0612. The van der Waals surface area contributed by atoms with E-state index >= 15 is 0 Å². The van der Waals surface area contributed by atoms with Crippen molar-refractivity contribution in [1.82, 2.24) is 0 Å². The minimum atomic E-state index is -2.23. The zero-order valence-corrected chi connectivity index (χ0v) is 8.61. The summed E-state index contributed by atoms with van der Waals surface area (Å²) in [5.41, 5.74) is -1.16. The van der Waals surface area contributed by atoms with E-state index in [0.29, 0.717) is 0 Å². The van der Waals surface area contributed by atoms with Crippen molar-refractivity contribution in [3.8, 4) is 11.3 Å². The molecule has 0 amide bonds. The van der Waals surface area contributed by atoms with Gasteiger partial charge in [-0.15, -0.1) is 0 Å². The lowest BCUT2D eigenvalue weighted by Gasteiger charge is -2.05. The van der Waals surface area contributed by atoms with E-state index in [-0.39, 0.29) is 5.76 Å². The van der Waals surface area contributed by atoms with Crippen molar-refractivity contribution in [3.05, 3.63) is 47.0 Å². The lowest BCUT2D eigenvalue weighted by atomic mass is 10.1. The van der Waals surface area contributed by atoms with E-state index in [4.69, 9.17) is 9.52 Å². The van der Waals surface area contributed by atoms with E-state index in [1.54, 1.807) is 0 Å². The Morgan fingerprint density at radius 2 is 1.33 bits per heavy atom. The lowest BCUT2D eigenvalue weighted by molar-refractivity contribution is 0.248. The van der Waals surface area contributed by atoms with E-state index in [1.165, 1.54) is 0 Å². The largest absolute Gasteiger partial charge is 0.458 e. The van der Waals surface area contributed by atoms with Crippen LogP contribution in [0.5, 0.6) is 0 Å². The first-order valence-electron chi connectivity index (χ1n) is 4.68. The number of hydrogen-bond acceptors (Lipinski definition) is 2. The third-order valence-electron chi connectivity index (χ3n) is 2.27. The summed E-state index contributed by atoms with van der Waals surface area (Å²) < 4.78 is 70.1. The third-order valence-corrected chi connectivity index (χ3v) is 2.27. The molecule has 0 aliphatic rings. The highest BCUT2D eigenvalue weighted by Gasteiger charge is 2.28. The number of furan rings is 1. The van der Waals surface area contributed by atoms with Gasteiger partial charge in [-0.3, -0.25) is 0 Å². The SMILES string of the molecule is OCc1ccc(-c2c(F)c(F)c(F)c(F)c2F)o1. The van der Waals surface area contributed by atoms with Gasteiger partial charge in [-0.2, -0.15) is 0 Å². The Kier molecular flexibility index (Phi) is 3.08. The molecule has 2 rings (SSSR count). The monoisotopic (exact) mass is 264 g/mol. The van der Waals surface area contributed by atoms with Crippen LogP contribution in [0, 0.1) is 29.1 Å². The van der Waals surface area contributed by atoms with Crippen molar-refractivity contribution >= 4 is 0 Å². The lowest BCUT2D eigenvalue weighted by Crippen LogP contribution is -2.03. The highest BCUT2D eigenvalue weighted by atomic mass is 19.2. The van der Waals surface area contributed by atoms with Crippen LogP contribution in [0.25, 0.3) is 11.3 Å². The summed E-state index contributed by atoms with van der Waals surface area (Å²) in [6, 6.07) is 2.16. The third kappa shape index (κ3) is 1.76. The zero-order valence-electron chi connectivity index (χ0n) is 8.61. The topological polar surface area (TPSA) is 33.4 Å². The van der Waals surface area contributed by atoms with Crippen molar-refractivity contribution in [2.24, 2.45) is 0 Å². The van der Waals surface area contributed by atoms with Gasteiger partial charge in [0.2, 0.25) is 5.82 Å². The molecule has 18 heavy (non-hydrogen) atoms. The van der Waals surface area contributed by atoms with Crippen LogP contribution in [0.1, 0.15) is 5.76 Å². The second-order valence-corrected chi connectivity index (χ2v) is 3.37. The summed E-state index contributed by atoms with van der Waals surface area (Å²) in [4.78, 5) is 0. The molecule has 0 saturated carbocycles. The molecular weight excluding hydrogens is 259 g/mol. The number of hydrogen-bond donors (Lipinski definition) is 1. The molecule has 0 bridgehead atoms. The predicted octanol–water partition coefficient (Wildman–Crippen LogP) is 3.13. The Morgan fingerprint density at radius 1 is 0.833 bits per heavy atom. The van der Waals surface area contributed by atoms with Gasteiger partial charge in [0.05, 0.1) is 5.56 Å². The van der Waals surface area contributed by atoms with Crippen molar-refractivity contribution in [2.45, 2.75) is 6.61 Å². The molecule has 0 saturated heterocycles. The van der Waals surface area contributed by atoms with Gasteiger partial charge in [0.15, 0.2) is 23.3 Å². The molecule has 0 radical (unpaired) electrons. The molecule has 0 unspecified atom stereocenters. The molecule has 0 atom stereocenters. The number of aliphatic hydroxyl groups excluding tert-OH is 1. The van der Waals surface area contributed by atoms with Crippen LogP contribution < -0.4 is 0 Å². The normalized spacial score (nSPS) is 11.0. The quantitative estimate of drug-likeness (QED) is 0.513. The van der Waals surface area contributed by atoms with E-state index in [1.807, 2.05) is 0 Å². The van der Waals surface area contributed by atoms with Crippen LogP contribution in [0.4, 0.5) is 22.0 Å². The van der Waals surface area contributed by atoms with Gasteiger partial charge < -0.3 is 9.52 Å². The molecule has 0 aliphatic carbocycles. The first-order chi connectivity index (χ1) is 8.47. The number of aliphatic hydroxyl groups is 1. The Morgan fingerprint density at radius 3 is 1.78 bits per heavy atom. The average molecular weight is 264 g/mol. The molecule has 0 aliphatic heterocycles. The summed E-state index contributed by atoms with van der Waals surface area (Å²) in [7, 11) is 0. The maximum absolute atomic E-state index is 13.4. The molecule has 1 aromatic carbocycles. The number of benzene rings is 1. The first kappa shape index (κ1) is 12.6. The van der Waals surface area contributed by atoms with Crippen molar-refractivity contribution in [1.29, 1.82) is 0 Å². The fourth-order valence-electron chi connectivity index (χ4n) is 1.42. The molecule has 96 valence electrons. The smallest absolute Gasteiger partial charge is 0.200 e. The second kappa shape index (κ2) is 4.41. The highest BCUT2D eigenvalue weighted by molar-refractivity contribution is 5.60. The van der Waals surface area contributed by atoms with E-state index in [9.17, 15) is 22.0 Å². The van der Waals surface area contributed by atoms with E-state index < -0.39 is 47.0 Å². The fourth-order valence-corrected chi connectivity index (χ4v) is 1.42. The van der Waals surface area contributed by atoms with E-state index in [2.05, 4.69) is 0 Å². The van der Waals surface area contributed by atoms with Crippen molar-refractivity contribution in [3.63, 3.8) is 0 Å². The molecule has 2 aromatic rings. The molecule has 0 fully saturated rings. The van der Waals surface area contributed by atoms with Crippen LogP contribution in [0.15, 0.2) is 16.5 Å². The molecular formula is C11H5F5O2.